The first-order chi connectivity index (χ1) is 16.1. The molecule has 0 aliphatic heterocycles. The Morgan fingerprint density at radius 3 is 2.15 bits per heavy atom. The normalized spacial score (nSPS) is 18.9. The molecule has 3 aromatic rings. The Balaban J connectivity index is 1.37. The number of hydroxylamine groups is 1. The summed E-state index contributed by atoms with van der Waals surface area (Å²) in [5.41, 5.74) is 4.02. The number of benzene rings is 3. The lowest BCUT2D eigenvalue weighted by Crippen LogP contribution is -2.38. The lowest BCUT2D eigenvalue weighted by molar-refractivity contribution is -0.135. The van der Waals surface area contributed by atoms with Gasteiger partial charge in [-0.2, -0.15) is 0 Å². The second kappa shape index (κ2) is 10.3. The van der Waals surface area contributed by atoms with Crippen LogP contribution in [0.15, 0.2) is 84.9 Å². The lowest BCUT2D eigenvalue weighted by Gasteiger charge is -2.18. The van der Waals surface area contributed by atoms with Crippen LogP contribution in [0.5, 0.6) is 5.75 Å². The van der Waals surface area contributed by atoms with E-state index in [0.717, 1.165) is 22.4 Å². The van der Waals surface area contributed by atoms with Gasteiger partial charge in [0.05, 0.1) is 11.3 Å². The summed E-state index contributed by atoms with van der Waals surface area (Å²) in [5, 5.41) is 12.1. The highest BCUT2D eigenvalue weighted by molar-refractivity contribution is 5.95. The maximum Gasteiger partial charge on any atom is 0.247 e. The van der Waals surface area contributed by atoms with Crippen molar-refractivity contribution in [1.29, 1.82) is 0 Å². The van der Waals surface area contributed by atoms with Crippen molar-refractivity contribution in [1.82, 2.24) is 10.8 Å². The summed E-state index contributed by atoms with van der Waals surface area (Å²) in [6, 6.07) is 27.4. The summed E-state index contributed by atoms with van der Waals surface area (Å²) >= 11 is 0. The molecule has 0 radical (unpaired) electrons. The van der Waals surface area contributed by atoms with Crippen molar-refractivity contribution in [3.8, 4) is 5.75 Å². The van der Waals surface area contributed by atoms with Crippen molar-refractivity contribution in [2.24, 2.45) is 11.3 Å². The minimum absolute atomic E-state index is 0.156. The molecule has 3 aromatic carbocycles. The summed E-state index contributed by atoms with van der Waals surface area (Å²) in [7, 11) is 0. The third kappa shape index (κ3) is 5.59. The number of hydrogen-bond acceptors (Lipinski definition) is 4. The summed E-state index contributed by atoms with van der Waals surface area (Å²) < 4.78 is 5.84. The monoisotopic (exact) mass is 444 g/mol. The maximum atomic E-state index is 13.1. The van der Waals surface area contributed by atoms with Gasteiger partial charge in [-0.1, -0.05) is 72.8 Å². The Hall–Kier alpha value is -3.64. The van der Waals surface area contributed by atoms with Gasteiger partial charge in [-0.3, -0.25) is 14.8 Å². The van der Waals surface area contributed by atoms with Crippen LogP contribution in [-0.2, 0) is 29.0 Å². The number of hydrogen-bond donors (Lipinski definition) is 3. The molecular weight excluding hydrogens is 416 g/mol. The first-order valence-electron chi connectivity index (χ1n) is 11.1. The largest absolute Gasteiger partial charge is 0.489 e. The van der Waals surface area contributed by atoms with E-state index in [4.69, 9.17) is 9.94 Å². The molecule has 33 heavy (non-hydrogen) atoms. The van der Waals surface area contributed by atoms with Crippen LogP contribution in [0.25, 0.3) is 0 Å². The van der Waals surface area contributed by atoms with E-state index in [9.17, 15) is 9.59 Å². The summed E-state index contributed by atoms with van der Waals surface area (Å²) in [6.07, 6.45) is 1.54. The topological polar surface area (TPSA) is 87.7 Å². The van der Waals surface area contributed by atoms with Crippen molar-refractivity contribution in [3.05, 3.63) is 102 Å². The SMILES string of the molecule is O=C(NO)[C@H]1C[C@]1(Cc1ccc(OCc2ccccc2)cc1)C(=O)NCCc1ccccc1. The zero-order valence-corrected chi connectivity index (χ0v) is 18.4. The Morgan fingerprint density at radius 1 is 0.879 bits per heavy atom. The van der Waals surface area contributed by atoms with Crippen molar-refractivity contribution in [2.75, 3.05) is 6.54 Å². The molecule has 0 heterocycles. The second-order valence-electron chi connectivity index (χ2n) is 8.48. The summed E-state index contributed by atoms with van der Waals surface area (Å²) in [5.74, 6) is -0.481. The van der Waals surface area contributed by atoms with Crippen LogP contribution < -0.4 is 15.5 Å². The molecule has 0 bridgehead atoms. The number of carbonyl (C=O) groups excluding carboxylic acids is 2. The van der Waals surface area contributed by atoms with Gasteiger partial charge in [0.15, 0.2) is 0 Å². The average molecular weight is 445 g/mol. The van der Waals surface area contributed by atoms with Crippen LogP contribution in [0, 0.1) is 11.3 Å². The minimum Gasteiger partial charge on any atom is -0.489 e. The quantitative estimate of drug-likeness (QED) is 0.329. The standard InChI is InChI=1S/C27H28N2O4/c30-25(29-32)24-18-27(24,26(31)28-16-15-20-7-3-1-4-8-20)17-21-11-13-23(14-12-21)33-19-22-9-5-2-6-10-22/h1-14,24,32H,15-19H2,(H,28,31)(H,29,30)/t24-,27+/m1/s1. The second-order valence-corrected chi connectivity index (χ2v) is 8.48. The molecule has 1 aliphatic carbocycles. The van der Waals surface area contributed by atoms with Crippen molar-refractivity contribution in [2.45, 2.75) is 25.9 Å². The van der Waals surface area contributed by atoms with Crippen molar-refractivity contribution >= 4 is 11.8 Å². The molecule has 170 valence electrons. The molecule has 1 saturated carbocycles. The molecule has 1 aliphatic rings. The molecule has 0 unspecified atom stereocenters. The number of amides is 2. The number of nitrogens with one attached hydrogen (secondary N) is 2. The third-order valence-corrected chi connectivity index (χ3v) is 6.19. The van der Waals surface area contributed by atoms with Gasteiger partial charge in [-0.05, 0) is 48.1 Å². The predicted octanol–water partition coefficient (Wildman–Crippen LogP) is 3.68. The highest BCUT2D eigenvalue weighted by atomic mass is 16.5. The van der Waals surface area contributed by atoms with Crippen LogP contribution in [0.2, 0.25) is 0 Å². The first-order valence-corrected chi connectivity index (χ1v) is 11.1. The van der Waals surface area contributed by atoms with Gasteiger partial charge in [-0.15, -0.1) is 0 Å². The molecule has 6 nitrogen and oxygen atoms in total. The Bertz CT molecular complexity index is 1070. The first kappa shape index (κ1) is 22.6. The van der Waals surface area contributed by atoms with E-state index in [1.165, 1.54) is 0 Å². The fourth-order valence-electron chi connectivity index (χ4n) is 4.20. The number of rotatable bonds is 10. The molecule has 2 atom stereocenters. The van der Waals surface area contributed by atoms with Gasteiger partial charge >= 0.3 is 0 Å². The number of ether oxygens (including phenoxy) is 1. The van der Waals surface area contributed by atoms with E-state index in [1.54, 1.807) is 5.48 Å². The minimum atomic E-state index is -0.851. The van der Waals surface area contributed by atoms with Gasteiger partial charge < -0.3 is 10.1 Å². The van der Waals surface area contributed by atoms with E-state index < -0.39 is 17.2 Å². The molecule has 6 heteroatoms. The molecule has 4 rings (SSSR count). The highest BCUT2D eigenvalue weighted by Crippen LogP contribution is 2.55. The molecule has 1 fully saturated rings. The van der Waals surface area contributed by atoms with Crippen LogP contribution in [0.4, 0.5) is 0 Å². The van der Waals surface area contributed by atoms with Crippen molar-refractivity contribution in [3.63, 3.8) is 0 Å². The van der Waals surface area contributed by atoms with Gasteiger partial charge in [0, 0.05) is 6.54 Å². The van der Waals surface area contributed by atoms with E-state index in [2.05, 4.69) is 5.32 Å². The average Bonchev–Trinajstić information content (AvgIpc) is 3.59. The summed E-state index contributed by atoms with van der Waals surface area (Å²) in [4.78, 5) is 25.2. The zero-order chi connectivity index (χ0) is 23.1. The van der Waals surface area contributed by atoms with Gasteiger partial charge in [0.2, 0.25) is 11.8 Å². The fourth-order valence-corrected chi connectivity index (χ4v) is 4.20. The Morgan fingerprint density at radius 2 is 1.52 bits per heavy atom. The smallest absolute Gasteiger partial charge is 0.247 e. The van der Waals surface area contributed by atoms with Crippen LogP contribution in [-0.4, -0.2) is 23.6 Å². The zero-order valence-electron chi connectivity index (χ0n) is 18.4. The van der Waals surface area contributed by atoms with Crippen LogP contribution >= 0.6 is 0 Å². The van der Waals surface area contributed by atoms with Crippen molar-refractivity contribution < 1.29 is 19.5 Å². The van der Waals surface area contributed by atoms with E-state index >= 15 is 0 Å². The maximum absolute atomic E-state index is 13.1. The van der Waals surface area contributed by atoms with E-state index in [-0.39, 0.29) is 5.91 Å². The molecule has 0 spiro atoms. The van der Waals surface area contributed by atoms with Gasteiger partial charge in [-0.25, -0.2) is 5.48 Å². The predicted molar refractivity (Wildman–Crippen MR) is 125 cm³/mol. The molecule has 0 aromatic heterocycles. The highest BCUT2D eigenvalue weighted by Gasteiger charge is 2.63. The van der Waals surface area contributed by atoms with E-state index in [1.807, 2.05) is 84.9 Å². The van der Waals surface area contributed by atoms with E-state index in [0.29, 0.717) is 32.4 Å². The van der Waals surface area contributed by atoms with Crippen LogP contribution in [0.3, 0.4) is 0 Å². The number of carbonyl (C=O) groups is 2. The molecule has 0 saturated heterocycles. The molecular formula is C27H28N2O4. The van der Waals surface area contributed by atoms with Crippen LogP contribution in [0.1, 0.15) is 23.1 Å². The van der Waals surface area contributed by atoms with Gasteiger partial charge in [0.1, 0.15) is 12.4 Å². The summed E-state index contributed by atoms with van der Waals surface area (Å²) in [6.45, 7) is 0.969. The molecule has 2 amide bonds. The lowest BCUT2D eigenvalue weighted by atomic mass is 9.92. The Labute approximate surface area is 193 Å². The Kier molecular flexibility index (Phi) is 7.05. The fraction of sp³-hybridized carbons (Fsp3) is 0.259. The molecule has 3 N–H and O–H groups in total. The van der Waals surface area contributed by atoms with Gasteiger partial charge in [0.25, 0.3) is 0 Å². The third-order valence-electron chi connectivity index (χ3n) is 6.19.